The lowest BCUT2D eigenvalue weighted by atomic mass is 10.0. The predicted molar refractivity (Wildman–Crippen MR) is 54.2 cm³/mol. The van der Waals surface area contributed by atoms with Crippen LogP contribution in [0.1, 0.15) is 21.5 Å². The summed E-state index contributed by atoms with van der Waals surface area (Å²) in [6.07, 6.45) is -5.03. The summed E-state index contributed by atoms with van der Waals surface area (Å²) in [4.78, 5) is 20.8. The van der Waals surface area contributed by atoms with Gasteiger partial charge in [0.25, 0.3) is 5.69 Å². The van der Waals surface area contributed by atoms with Gasteiger partial charge in [-0.05, 0) is 6.07 Å². The summed E-state index contributed by atoms with van der Waals surface area (Å²) in [7, 11) is 0.796. The molecule has 0 saturated heterocycles. The van der Waals surface area contributed by atoms with E-state index in [2.05, 4.69) is 4.74 Å². The van der Waals surface area contributed by atoms with Crippen molar-refractivity contribution in [3.63, 3.8) is 0 Å². The Morgan fingerprint density at radius 2 is 2.05 bits per heavy atom. The fourth-order valence-electron chi connectivity index (χ4n) is 1.38. The van der Waals surface area contributed by atoms with Crippen molar-refractivity contribution in [3.8, 4) is 6.07 Å². The van der Waals surface area contributed by atoms with Crippen LogP contribution in [0.4, 0.5) is 18.9 Å². The number of esters is 1. The molecule has 0 aliphatic heterocycles. The summed E-state index contributed by atoms with van der Waals surface area (Å²) in [6.45, 7) is 0. The van der Waals surface area contributed by atoms with Gasteiger partial charge in [-0.1, -0.05) is 0 Å². The first-order valence-electron chi connectivity index (χ1n) is 4.60. The molecule has 19 heavy (non-hydrogen) atoms. The van der Waals surface area contributed by atoms with Crippen molar-refractivity contribution in [1.29, 1.82) is 5.26 Å². The van der Waals surface area contributed by atoms with E-state index in [1.165, 1.54) is 6.07 Å². The maximum Gasteiger partial charge on any atom is 0.417 e. The topological polar surface area (TPSA) is 93.2 Å². The van der Waals surface area contributed by atoms with Crippen LogP contribution in [0.25, 0.3) is 0 Å². The number of nitrogens with zero attached hydrogens (tertiary/aromatic N) is 2. The average Bonchev–Trinajstić information content (AvgIpc) is 2.34. The highest BCUT2D eigenvalue weighted by Crippen LogP contribution is 2.37. The van der Waals surface area contributed by atoms with Crippen LogP contribution in [0.5, 0.6) is 0 Å². The van der Waals surface area contributed by atoms with Gasteiger partial charge < -0.3 is 4.74 Å². The number of alkyl halides is 3. The molecule has 0 fully saturated rings. The van der Waals surface area contributed by atoms with E-state index < -0.39 is 39.4 Å². The first kappa shape index (κ1) is 14.4. The monoisotopic (exact) mass is 274 g/mol. The third kappa shape index (κ3) is 2.79. The molecule has 6 nitrogen and oxygen atoms in total. The van der Waals surface area contributed by atoms with E-state index in [9.17, 15) is 28.1 Å². The van der Waals surface area contributed by atoms with Crippen LogP contribution in [0.15, 0.2) is 12.1 Å². The van der Waals surface area contributed by atoms with E-state index in [0.29, 0.717) is 12.1 Å². The average molecular weight is 274 g/mol. The molecule has 0 saturated carbocycles. The number of hydrogen-bond acceptors (Lipinski definition) is 5. The van der Waals surface area contributed by atoms with Gasteiger partial charge in [0, 0.05) is 6.07 Å². The second kappa shape index (κ2) is 4.93. The van der Waals surface area contributed by atoms with Crippen LogP contribution in [0.3, 0.4) is 0 Å². The summed E-state index contributed by atoms with van der Waals surface area (Å²) in [5.41, 5.74) is -4.51. The highest BCUT2D eigenvalue weighted by Gasteiger charge is 2.40. The smallest absolute Gasteiger partial charge is 0.417 e. The van der Waals surface area contributed by atoms with Crippen molar-refractivity contribution in [3.05, 3.63) is 38.9 Å². The number of carbonyl (C=O) groups is 1. The number of ether oxygens (including phenoxy) is 1. The maximum atomic E-state index is 12.8. The molecule has 0 bridgehead atoms. The lowest BCUT2D eigenvalue weighted by Gasteiger charge is -2.11. The molecule has 1 aromatic rings. The maximum absolute atomic E-state index is 12.8. The quantitative estimate of drug-likeness (QED) is 0.468. The highest BCUT2D eigenvalue weighted by molar-refractivity contribution is 5.96. The number of nitro groups is 1. The molecule has 0 radical (unpaired) electrons. The molecule has 0 spiro atoms. The number of carbonyl (C=O) groups excluding carboxylic acids is 1. The van der Waals surface area contributed by atoms with Crippen molar-refractivity contribution in [2.45, 2.75) is 6.18 Å². The van der Waals surface area contributed by atoms with Crippen molar-refractivity contribution < 1.29 is 27.6 Å². The first-order valence-corrected chi connectivity index (χ1v) is 4.60. The second-order valence-corrected chi connectivity index (χ2v) is 3.28. The lowest BCUT2D eigenvalue weighted by Crippen LogP contribution is -2.16. The fourth-order valence-corrected chi connectivity index (χ4v) is 1.38. The Hall–Kier alpha value is -2.63. The van der Waals surface area contributed by atoms with Crippen LogP contribution in [-0.4, -0.2) is 18.0 Å². The molecular formula is C10H5F3N2O4. The second-order valence-electron chi connectivity index (χ2n) is 3.28. The standard InChI is InChI=1S/C10H5F3N2O4/c1-19-9(16)8-6(10(11,12)13)2-5(4-14)3-7(8)15(17)18/h2-3H,1H3. The molecule has 0 heterocycles. The largest absolute Gasteiger partial charge is 0.465 e. The Bertz CT molecular complexity index is 590. The van der Waals surface area contributed by atoms with Crippen LogP contribution in [-0.2, 0) is 10.9 Å². The Balaban J connectivity index is 3.78. The molecule has 0 aromatic heterocycles. The number of nitriles is 1. The highest BCUT2D eigenvalue weighted by atomic mass is 19.4. The van der Waals surface area contributed by atoms with Crippen molar-refractivity contribution >= 4 is 11.7 Å². The zero-order chi connectivity index (χ0) is 14.8. The number of hydrogen-bond donors (Lipinski definition) is 0. The minimum absolute atomic E-state index is 0.360. The van der Waals surface area contributed by atoms with Gasteiger partial charge in [0.1, 0.15) is 5.56 Å². The molecule has 1 rings (SSSR count). The van der Waals surface area contributed by atoms with Crippen molar-refractivity contribution in [2.24, 2.45) is 0 Å². The van der Waals surface area contributed by atoms with E-state index in [4.69, 9.17) is 5.26 Å². The number of methoxy groups -OCH3 is 1. The number of nitro benzene ring substituents is 1. The van der Waals surface area contributed by atoms with Gasteiger partial charge in [0.15, 0.2) is 0 Å². The molecule has 0 unspecified atom stereocenters. The lowest BCUT2D eigenvalue weighted by molar-refractivity contribution is -0.385. The van der Waals surface area contributed by atoms with Gasteiger partial charge in [0.05, 0.1) is 29.2 Å². The van der Waals surface area contributed by atoms with Crippen LogP contribution >= 0.6 is 0 Å². The van der Waals surface area contributed by atoms with Crippen molar-refractivity contribution in [2.75, 3.05) is 7.11 Å². The van der Waals surface area contributed by atoms with Crippen LogP contribution in [0, 0.1) is 21.4 Å². The van der Waals surface area contributed by atoms with Gasteiger partial charge in [-0.3, -0.25) is 10.1 Å². The molecule has 9 heteroatoms. The van der Waals surface area contributed by atoms with E-state index in [0.717, 1.165) is 7.11 Å². The fraction of sp³-hybridized carbons (Fsp3) is 0.200. The molecule has 1 aromatic carbocycles. The number of halogens is 3. The van der Waals surface area contributed by atoms with E-state index in [1.807, 2.05) is 0 Å². The first-order chi connectivity index (χ1) is 8.72. The predicted octanol–water partition coefficient (Wildman–Crippen LogP) is 2.27. The van der Waals surface area contributed by atoms with E-state index >= 15 is 0 Å². The number of benzene rings is 1. The molecular weight excluding hydrogens is 269 g/mol. The summed E-state index contributed by atoms with van der Waals surface area (Å²) in [5.74, 6) is -1.50. The molecule has 100 valence electrons. The summed E-state index contributed by atoms with van der Waals surface area (Å²) >= 11 is 0. The van der Waals surface area contributed by atoms with Gasteiger partial charge in [-0.25, -0.2) is 4.79 Å². The van der Waals surface area contributed by atoms with Gasteiger partial charge in [0.2, 0.25) is 0 Å². The molecule has 0 atom stereocenters. The Kier molecular flexibility index (Phi) is 3.75. The summed E-state index contributed by atoms with van der Waals surface area (Å²) in [5, 5.41) is 19.3. The van der Waals surface area contributed by atoms with Crippen molar-refractivity contribution in [1.82, 2.24) is 0 Å². The minimum Gasteiger partial charge on any atom is -0.465 e. The third-order valence-electron chi connectivity index (χ3n) is 2.14. The third-order valence-corrected chi connectivity index (χ3v) is 2.14. The Morgan fingerprint density at radius 3 is 2.42 bits per heavy atom. The van der Waals surface area contributed by atoms with E-state index in [-0.39, 0.29) is 0 Å². The van der Waals surface area contributed by atoms with Gasteiger partial charge in [-0.2, -0.15) is 18.4 Å². The zero-order valence-electron chi connectivity index (χ0n) is 9.32. The van der Waals surface area contributed by atoms with E-state index in [1.54, 1.807) is 0 Å². The van der Waals surface area contributed by atoms with Gasteiger partial charge in [-0.15, -0.1) is 0 Å². The SMILES string of the molecule is COC(=O)c1c([N+](=O)[O-])cc(C#N)cc1C(F)(F)F. The molecule has 0 aliphatic carbocycles. The molecule has 0 N–H and O–H groups in total. The number of rotatable bonds is 2. The summed E-state index contributed by atoms with van der Waals surface area (Å²) < 4.78 is 42.4. The Morgan fingerprint density at radius 1 is 1.47 bits per heavy atom. The minimum atomic E-state index is -5.03. The zero-order valence-corrected chi connectivity index (χ0v) is 9.32. The normalized spacial score (nSPS) is 10.7. The molecule has 0 aliphatic rings. The van der Waals surface area contributed by atoms with Gasteiger partial charge >= 0.3 is 12.1 Å². The van der Waals surface area contributed by atoms with Crippen LogP contribution in [0.2, 0.25) is 0 Å². The summed E-state index contributed by atoms with van der Waals surface area (Å²) in [6, 6.07) is 2.31. The van der Waals surface area contributed by atoms with Crippen LogP contribution < -0.4 is 0 Å². The Labute approximate surface area is 104 Å². The molecule has 0 amide bonds.